The molecule has 3 fully saturated rings. The van der Waals surface area contributed by atoms with Crippen molar-refractivity contribution in [2.45, 2.75) is 114 Å². The summed E-state index contributed by atoms with van der Waals surface area (Å²) in [5, 5.41) is 3.43. The third kappa shape index (κ3) is 7.68. The van der Waals surface area contributed by atoms with Crippen molar-refractivity contribution in [1.29, 1.82) is 0 Å². The lowest BCUT2D eigenvalue weighted by molar-refractivity contribution is -0.139. The molecule has 2 saturated carbocycles. The second kappa shape index (κ2) is 15.3. The molecule has 3 heterocycles. The van der Waals surface area contributed by atoms with E-state index in [1.165, 1.54) is 4.90 Å². The van der Waals surface area contributed by atoms with Crippen LogP contribution in [0, 0.1) is 11.3 Å². The summed E-state index contributed by atoms with van der Waals surface area (Å²) in [6.45, 7) is 5.72. The molecule has 2 aromatic carbocycles. The molecule has 56 heavy (non-hydrogen) atoms. The van der Waals surface area contributed by atoms with Crippen molar-refractivity contribution in [1.82, 2.24) is 24.1 Å². The lowest BCUT2D eigenvalue weighted by Gasteiger charge is -2.30. The van der Waals surface area contributed by atoms with Crippen LogP contribution >= 0.6 is 0 Å². The van der Waals surface area contributed by atoms with Gasteiger partial charge in [0.05, 0.1) is 33.8 Å². The Balaban J connectivity index is 1.23. The number of nitrogens with zero attached hydrogens (tertiary/aromatic N) is 4. The number of fused-ring (bicyclic) bond motifs is 3. The number of ether oxygens (including phenoxy) is 1. The first-order valence-electron chi connectivity index (χ1n) is 19.9. The van der Waals surface area contributed by atoms with Crippen LogP contribution in [0.2, 0.25) is 0 Å². The predicted octanol–water partition coefficient (Wildman–Crippen LogP) is 5.63. The third-order valence-electron chi connectivity index (χ3n) is 12.1. The highest BCUT2D eigenvalue weighted by Crippen LogP contribution is 2.57. The van der Waals surface area contributed by atoms with Crippen LogP contribution in [0.15, 0.2) is 60.7 Å². The van der Waals surface area contributed by atoms with Crippen molar-refractivity contribution in [2.24, 2.45) is 11.3 Å². The molecule has 3 aromatic rings. The molecule has 4 aliphatic rings. The molecule has 2 aliphatic heterocycles. The van der Waals surface area contributed by atoms with Crippen LogP contribution in [0.4, 0.5) is 5.69 Å². The minimum Gasteiger partial charge on any atom is -0.459 e. The monoisotopic (exact) mass is 786 g/mol. The van der Waals surface area contributed by atoms with Gasteiger partial charge in [0.2, 0.25) is 21.8 Å². The maximum atomic E-state index is 14.7. The molecule has 0 radical (unpaired) electrons. The van der Waals surface area contributed by atoms with Gasteiger partial charge >= 0.3 is 0 Å². The normalized spacial score (nSPS) is 27.1. The molecule has 7 rings (SSSR count). The minimum absolute atomic E-state index is 0.0957. The number of hydrogen-bond acceptors (Lipinski definition) is 9. The van der Waals surface area contributed by atoms with Crippen LogP contribution in [0.25, 0.3) is 11.0 Å². The molecular formula is C42H54N6O7S. The average molecular weight is 787 g/mol. The van der Waals surface area contributed by atoms with Gasteiger partial charge in [-0.15, -0.1) is 0 Å². The number of carbonyl (C=O) groups is 4. The van der Waals surface area contributed by atoms with E-state index in [1.807, 2.05) is 73.0 Å². The van der Waals surface area contributed by atoms with Gasteiger partial charge in [0.25, 0.3) is 11.9 Å². The van der Waals surface area contributed by atoms with E-state index >= 15 is 0 Å². The van der Waals surface area contributed by atoms with Crippen LogP contribution in [0.3, 0.4) is 0 Å². The van der Waals surface area contributed by atoms with Gasteiger partial charge in [0.15, 0.2) is 5.78 Å². The summed E-state index contributed by atoms with van der Waals surface area (Å²) in [7, 11) is -0.561. The number of nitrogens with one attached hydrogen (secondary N) is 2. The van der Waals surface area contributed by atoms with Gasteiger partial charge in [-0.1, -0.05) is 49.3 Å². The first-order valence-corrected chi connectivity index (χ1v) is 21.4. The van der Waals surface area contributed by atoms with Gasteiger partial charge in [-0.3, -0.25) is 28.5 Å². The largest absolute Gasteiger partial charge is 0.459 e. The van der Waals surface area contributed by atoms with Crippen LogP contribution < -0.4 is 14.8 Å². The second-order valence-electron chi connectivity index (χ2n) is 16.8. The van der Waals surface area contributed by atoms with Gasteiger partial charge < -0.3 is 19.9 Å². The van der Waals surface area contributed by atoms with Gasteiger partial charge in [0.1, 0.15) is 17.7 Å². The van der Waals surface area contributed by atoms with E-state index in [-0.39, 0.29) is 55.0 Å². The number of carbonyl (C=O) groups excluding carboxylic acids is 4. The highest BCUT2D eigenvalue weighted by Gasteiger charge is 2.62. The number of para-hydroxylation sites is 2. The number of rotatable bonds is 9. The quantitative estimate of drug-likeness (QED) is 0.262. The van der Waals surface area contributed by atoms with E-state index in [0.717, 1.165) is 36.9 Å². The topological polar surface area (TPSA) is 160 Å². The van der Waals surface area contributed by atoms with E-state index in [9.17, 15) is 27.6 Å². The van der Waals surface area contributed by atoms with Crippen LogP contribution in [-0.2, 0) is 24.4 Å². The number of imidazole rings is 1. The van der Waals surface area contributed by atoms with E-state index in [4.69, 9.17) is 9.72 Å². The molecule has 2 N–H and O–H groups in total. The molecule has 2 aliphatic carbocycles. The third-order valence-corrected chi connectivity index (χ3v) is 14.2. The standard InChI is InChI=1S/C42H54N6O7S/c1-27(2)48-33-20-14-18-31(37(50)46(4)5)36(33)44-40(48)55-30-23-34-35(49)25-42(39(52)45-56(53,54)41(3)21-22-41)24-28(42)15-10-7-6-8-13-19-32(38(51)47(34)26-30)43-29-16-11-9-12-17-29/h9-12,14-18,20,27-28,30,32,34,43H,6-8,13,19,21-26H2,1-5H3,(H,45,52)/b15-10-/t28-,30+,32-,34-,42+/m0/s1. The molecule has 0 unspecified atom stereocenters. The van der Waals surface area contributed by atoms with Gasteiger partial charge in [-0.2, -0.15) is 4.98 Å². The van der Waals surface area contributed by atoms with Crippen LogP contribution in [0.1, 0.15) is 101 Å². The fraction of sp³-hybridized carbons (Fsp3) is 0.548. The molecule has 3 amide bonds. The van der Waals surface area contributed by atoms with Crippen molar-refractivity contribution >= 4 is 50.2 Å². The summed E-state index contributed by atoms with van der Waals surface area (Å²) >= 11 is 0. The van der Waals surface area contributed by atoms with Gasteiger partial charge in [0, 0.05) is 38.7 Å². The van der Waals surface area contributed by atoms with Gasteiger partial charge in [-0.05, 0) is 89.5 Å². The molecule has 0 bridgehead atoms. The van der Waals surface area contributed by atoms with E-state index in [1.54, 1.807) is 32.0 Å². The summed E-state index contributed by atoms with van der Waals surface area (Å²) < 4.78 is 36.4. The molecular weight excluding hydrogens is 733 g/mol. The van der Waals surface area contributed by atoms with Crippen molar-refractivity contribution in [3.63, 3.8) is 0 Å². The summed E-state index contributed by atoms with van der Waals surface area (Å²) in [5.74, 6) is -1.69. The summed E-state index contributed by atoms with van der Waals surface area (Å²) in [6, 6.07) is 13.6. The van der Waals surface area contributed by atoms with Crippen molar-refractivity contribution in [3.05, 3.63) is 66.2 Å². The smallest absolute Gasteiger partial charge is 0.297 e. The Hall–Kier alpha value is -4.72. The first kappa shape index (κ1) is 39.5. The fourth-order valence-corrected chi connectivity index (χ4v) is 9.60. The van der Waals surface area contributed by atoms with E-state index < -0.39 is 44.3 Å². The summed E-state index contributed by atoms with van der Waals surface area (Å²) in [4.78, 5) is 64.5. The zero-order valence-corrected chi connectivity index (χ0v) is 33.8. The molecule has 0 spiro atoms. The number of amides is 3. The number of benzene rings is 2. The SMILES string of the molecule is CC(C)n1c(O[C@@H]2C[C@H]3C(=O)C[C@]4(C(=O)NS(=O)(=O)C5(C)CC5)C[C@@H]4/C=C\CCCCC[C@H](Nc4ccccc4)C(=O)N3C2)nc2c(C(=O)N(C)C)cccc21. The highest BCUT2D eigenvalue weighted by atomic mass is 32.2. The number of sulfonamides is 1. The number of Topliss-reactive ketones (excluding diaryl/α,β-unsaturated/α-hetero) is 1. The number of ketones is 1. The molecule has 1 aromatic heterocycles. The maximum Gasteiger partial charge on any atom is 0.297 e. The number of aromatic nitrogens is 2. The Bertz CT molecular complexity index is 2140. The average Bonchev–Trinajstić information content (AvgIpc) is 3.98. The van der Waals surface area contributed by atoms with E-state index in [2.05, 4.69) is 10.0 Å². The van der Waals surface area contributed by atoms with E-state index in [0.29, 0.717) is 36.8 Å². The second-order valence-corrected chi connectivity index (χ2v) is 19.0. The Labute approximate surface area is 329 Å². The number of anilines is 1. The lowest BCUT2D eigenvalue weighted by atomic mass is 9.91. The molecule has 1 saturated heterocycles. The number of hydrogen-bond donors (Lipinski definition) is 2. The fourth-order valence-electron chi connectivity index (χ4n) is 8.26. The lowest BCUT2D eigenvalue weighted by Crippen LogP contribution is -2.49. The minimum atomic E-state index is -3.93. The molecule has 5 atom stereocenters. The Morgan fingerprint density at radius 3 is 2.46 bits per heavy atom. The molecule has 13 nitrogen and oxygen atoms in total. The Morgan fingerprint density at radius 1 is 1.02 bits per heavy atom. The van der Waals surface area contributed by atoms with Gasteiger partial charge in [-0.25, -0.2) is 8.42 Å². The highest BCUT2D eigenvalue weighted by molar-refractivity contribution is 7.91. The maximum absolute atomic E-state index is 14.7. The zero-order chi connectivity index (χ0) is 40.0. The summed E-state index contributed by atoms with van der Waals surface area (Å²) in [6.07, 6.45) is 8.50. The predicted molar refractivity (Wildman–Crippen MR) is 214 cm³/mol. The molecule has 14 heteroatoms. The van der Waals surface area contributed by atoms with Crippen molar-refractivity contribution in [3.8, 4) is 6.01 Å². The zero-order valence-electron chi connectivity index (χ0n) is 33.0. The molecule has 300 valence electrons. The Morgan fingerprint density at radius 2 is 1.77 bits per heavy atom. The van der Waals surface area contributed by atoms with Crippen LogP contribution in [-0.4, -0.2) is 94.8 Å². The van der Waals surface area contributed by atoms with Crippen molar-refractivity contribution in [2.75, 3.05) is 26.0 Å². The first-order chi connectivity index (χ1) is 26.6. The number of allylic oxidation sites excluding steroid dienone is 2. The van der Waals surface area contributed by atoms with Crippen molar-refractivity contribution < 1.29 is 32.3 Å². The Kier molecular flexibility index (Phi) is 10.8. The van der Waals surface area contributed by atoms with Crippen LogP contribution in [0.5, 0.6) is 6.01 Å². The summed E-state index contributed by atoms with van der Waals surface area (Å²) in [5.41, 5.74) is 1.22.